The van der Waals surface area contributed by atoms with Crippen LogP contribution in [-0.4, -0.2) is 21.6 Å². The maximum Gasteiger partial charge on any atom is 0.135 e. The minimum atomic E-state index is -0.00424. The highest BCUT2D eigenvalue weighted by Gasteiger charge is 2.09. The molecule has 0 saturated carbocycles. The summed E-state index contributed by atoms with van der Waals surface area (Å²) in [5.74, 6) is 0.848. The number of imidazole rings is 1. The summed E-state index contributed by atoms with van der Waals surface area (Å²) in [5, 5.41) is 0. The fourth-order valence-corrected chi connectivity index (χ4v) is 1.54. The third-order valence-corrected chi connectivity index (χ3v) is 2.37. The summed E-state index contributed by atoms with van der Waals surface area (Å²) < 4.78 is 5.47. The Morgan fingerprint density at radius 3 is 3.00 bits per heavy atom. The number of nitrogens with one attached hydrogen (secondary N) is 1. The Bertz CT molecular complexity index is 439. The number of hydrogen-bond donors (Lipinski definition) is 1. The molecule has 0 bridgehead atoms. The molecule has 1 N–H and O–H groups in total. The summed E-state index contributed by atoms with van der Waals surface area (Å²) in [5.41, 5.74) is 2.00. The Kier molecular flexibility index (Phi) is 3.31. The summed E-state index contributed by atoms with van der Waals surface area (Å²) in [6.45, 7) is 4.64. The topological polar surface area (TPSA) is 50.8 Å². The molecule has 0 aliphatic carbocycles. The van der Waals surface area contributed by atoms with Gasteiger partial charge >= 0.3 is 0 Å². The van der Waals surface area contributed by atoms with Crippen LogP contribution >= 0.6 is 0 Å². The van der Waals surface area contributed by atoms with Gasteiger partial charge in [0.1, 0.15) is 11.9 Å². The minimum absolute atomic E-state index is 0.00424. The molecular weight excluding hydrogens is 202 g/mol. The number of aromatic nitrogens is 3. The average Bonchev–Trinajstić information content (AvgIpc) is 2.80. The molecule has 1 atom stereocenters. The predicted molar refractivity (Wildman–Crippen MR) is 61.9 cm³/mol. The van der Waals surface area contributed by atoms with Gasteiger partial charge < -0.3 is 9.72 Å². The van der Waals surface area contributed by atoms with Crippen LogP contribution in [0.15, 0.2) is 30.7 Å². The predicted octanol–water partition coefficient (Wildman–Crippen LogP) is 2.57. The number of pyridine rings is 1. The van der Waals surface area contributed by atoms with Crippen LogP contribution in [0.1, 0.15) is 25.8 Å². The number of ether oxygens (including phenoxy) is 1. The van der Waals surface area contributed by atoms with Crippen LogP contribution in [-0.2, 0) is 4.74 Å². The van der Waals surface area contributed by atoms with Crippen LogP contribution in [0.5, 0.6) is 0 Å². The summed E-state index contributed by atoms with van der Waals surface area (Å²) in [6, 6.07) is 3.90. The van der Waals surface area contributed by atoms with Crippen LogP contribution in [0.3, 0.4) is 0 Å². The zero-order valence-electron chi connectivity index (χ0n) is 9.47. The fourth-order valence-electron chi connectivity index (χ4n) is 1.54. The van der Waals surface area contributed by atoms with Crippen molar-refractivity contribution in [3.8, 4) is 11.3 Å². The lowest BCUT2D eigenvalue weighted by Gasteiger charge is -2.07. The number of aromatic amines is 1. The Balaban J connectivity index is 2.20. The van der Waals surface area contributed by atoms with E-state index in [1.165, 1.54) is 0 Å². The van der Waals surface area contributed by atoms with Crippen molar-refractivity contribution in [2.45, 2.75) is 20.0 Å². The van der Waals surface area contributed by atoms with Gasteiger partial charge in [-0.3, -0.25) is 4.98 Å². The van der Waals surface area contributed by atoms with Crippen molar-refractivity contribution in [2.75, 3.05) is 6.61 Å². The lowest BCUT2D eigenvalue weighted by Crippen LogP contribution is -2.01. The van der Waals surface area contributed by atoms with Crippen LogP contribution in [0.2, 0.25) is 0 Å². The second kappa shape index (κ2) is 4.90. The maximum absolute atomic E-state index is 5.47. The largest absolute Gasteiger partial charge is 0.371 e. The zero-order chi connectivity index (χ0) is 11.4. The molecule has 4 nitrogen and oxygen atoms in total. The molecular formula is C12H15N3O. The van der Waals surface area contributed by atoms with Crippen LogP contribution in [0.4, 0.5) is 0 Å². The van der Waals surface area contributed by atoms with Gasteiger partial charge in [0.2, 0.25) is 0 Å². The van der Waals surface area contributed by atoms with Crippen molar-refractivity contribution in [2.24, 2.45) is 0 Å². The lowest BCUT2D eigenvalue weighted by molar-refractivity contribution is 0.0707. The summed E-state index contributed by atoms with van der Waals surface area (Å²) in [7, 11) is 0. The van der Waals surface area contributed by atoms with E-state index >= 15 is 0 Å². The zero-order valence-corrected chi connectivity index (χ0v) is 9.47. The molecule has 2 rings (SSSR count). The molecule has 1 unspecified atom stereocenters. The molecule has 0 saturated heterocycles. The van der Waals surface area contributed by atoms with Crippen molar-refractivity contribution >= 4 is 0 Å². The van der Waals surface area contributed by atoms with Gasteiger partial charge in [-0.1, -0.05) is 0 Å². The summed E-state index contributed by atoms with van der Waals surface area (Å²) in [6.07, 6.45) is 5.36. The molecule has 0 aliphatic heterocycles. The Hall–Kier alpha value is -1.68. The van der Waals surface area contributed by atoms with Gasteiger partial charge in [0.25, 0.3) is 0 Å². The van der Waals surface area contributed by atoms with Gasteiger partial charge in [-0.05, 0) is 26.0 Å². The molecule has 0 radical (unpaired) electrons. The first-order valence-electron chi connectivity index (χ1n) is 5.38. The SMILES string of the molecule is CCOC(C)c1ncc(-c2cccnc2)[nH]1. The molecule has 2 heterocycles. The second-order valence-corrected chi connectivity index (χ2v) is 3.52. The van der Waals surface area contributed by atoms with E-state index in [-0.39, 0.29) is 6.10 Å². The molecule has 0 fully saturated rings. The molecule has 84 valence electrons. The highest BCUT2D eigenvalue weighted by Crippen LogP contribution is 2.19. The molecule has 16 heavy (non-hydrogen) atoms. The third-order valence-electron chi connectivity index (χ3n) is 2.37. The van der Waals surface area contributed by atoms with Crippen molar-refractivity contribution in [3.63, 3.8) is 0 Å². The molecule has 0 amide bonds. The first kappa shape index (κ1) is 10.8. The Morgan fingerprint density at radius 1 is 1.44 bits per heavy atom. The minimum Gasteiger partial charge on any atom is -0.371 e. The smallest absolute Gasteiger partial charge is 0.135 e. The number of rotatable bonds is 4. The van der Waals surface area contributed by atoms with Gasteiger partial charge in [-0.15, -0.1) is 0 Å². The average molecular weight is 217 g/mol. The number of H-pyrrole nitrogens is 1. The van der Waals surface area contributed by atoms with Gasteiger partial charge in [-0.25, -0.2) is 4.98 Å². The van der Waals surface area contributed by atoms with E-state index < -0.39 is 0 Å². The quantitative estimate of drug-likeness (QED) is 0.856. The highest BCUT2D eigenvalue weighted by molar-refractivity contribution is 5.56. The summed E-state index contributed by atoms with van der Waals surface area (Å²) >= 11 is 0. The van der Waals surface area contributed by atoms with E-state index in [9.17, 15) is 0 Å². The molecule has 4 heteroatoms. The molecule has 0 aliphatic rings. The Morgan fingerprint density at radius 2 is 2.31 bits per heavy atom. The van der Waals surface area contributed by atoms with E-state index in [0.717, 1.165) is 17.1 Å². The molecule has 2 aromatic heterocycles. The molecule has 0 aromatic carbocycles. The summed E-state index contributed by atoms with van der Waals surface area (Å²) in [4.78, 5) is 11.6. The van der Waals surface area contributed by atoms with E-state index in [0.29, 0.717) is 6.61 Å². The first-order valence-corrected chi connectivity index (χ1v) is 5.38. The van der Waals surface area contributed by atoms with Crippen LogP contribution in [0, 0.1) is 0 Å². The van der Waals surface area contributed by atoms with E-state index in [4.69, 9.17) is 4.74 Å². The second-order valence-electron chi connectivity index (χ2n) is 3.52. The van der Waals surface area contributed by atoms with E-state index in [1.54, 1.807) is 6.20 Å². The van der Waals surface area contributed by atoms with Crippen LogP contribution < -0.4 is 0 Å². The monoisotopic (exact) mass is 217 g/mol. The van der Waals surface area contributed by atoms with Gasteiger partial charge in [0.15, 0.2) is 0 Å². The normalized spacial score (nSPS) is 12.6. The van der Waals surface area contributed by atoms with Crippen LogP contribution in [0.25, 0.3) is 11.3 Å². The Labute approximate surface area is 94.7 Å². The van der Waals surface area contributed by atoms with Crippen molar-refractivity contribution in [3.05, 3.63) is 36.5 Å². The number of hydrogen-bond acceptors (Lipinski definition) is 3. The van der Waals surface area contributed by atoms with Gasteiger partial charge in [0, 0.05) is 24.6 Å². The standard InChI is InChI=1S/C12H15N3O/c1-3-16-9(2)12-14-8-11(15-12)10-5-4-6-13-7-10/h4-9H,3H2,1-2H3,(H,14,15). The van der Waals surface area contributed by atoms with Gasteiger partial charge in [-0.2, -0.15) is 0 Å². The first-order chi connectivity index (χ1) is 7.81. The fraction of sp³-hybridized carbons (Fsp3) is 0.333. The lowest BCUT2D eigenvalue weighted by atomic mass is 10.2. The molecule has 0 spiro atoms. The highest BCUT2D eigenvalue weighted by atomic mass is 16.5. The van der Waals surface area contributed by atoms with Crippen molar-refractivity contribution in [1.82, 2.24) is 15.0 Å². The maximum atomic E-state index is 5.47. The van der Waals surface area contributed by atoms with Gasteiger partial charge in [0.05, 0.1) is 11.9 Å². The van der Waals surface area contributed by atoms with E-state index in [2.05, 4.69) is 15.0 Å². The molecule has 2 aromatic rings. The number of nitrogens with zero attached hydrogens (tertiary/aromatic N) is 2. The van der Waals surface area contributed by atoms with E-state index in [1.807, 2.05) is 38.4 Å². The van der Waals surface area contributed by atoms with Crippen molar-refractivity contribution < 1.29 is 4.74 Å². The third kappa shape index (κ3) is 2.28. The van der Waals surface area contributed by atoms with Crippen molar-refractivity contribution in [1.29, 1.82) is 0 Å².